The highest BCUT2D eigenvalue weighted by Crippen LogP contribution is 2.33. The van der Waals surface area contributed by atoms with E-state index in [1.54, 1.807) is 13.8 Å². The first kappa shape index (κ1) is 25.3. The lowest BCUT2D eigenvalue weighted by Gasteiger charge is -2.19. The first-order valence-electron chi connectivity index (χ1n) is 11.9. The number of aromatic nitrogens is 2. The van der Waals surface area contributed by atoms with E-state index in [1.807, 2.05) is 43.5 Å². The van der Waals surface area contributed by atoms with Gasteiger partial charge in [0.1, 0.15) is 12.4 Å². The highest BCUT2D eigenvalue weighted by atomic mass is 16.5. The van der Waals surface area contributed by atoms with Crippen LogP contribution in [0.15, 0.2) is 59.3 Å². The van der Waals surface area contributed by atoms with E-state index in [0.29, 0.717) is 31.3 Å². The van der Waals surface area contributed by atoms with Crippen molar-refractivity contribution in [3.05, 3.63) is 77.0 Å². The number of pyridine rings is 1. The zero-order valence-electron chi connectivity index (χ0n) is 21.3. The van der Waals surface area contributed by atoms with Gasteiger partial charge in [0, 0.05) is 35.4 Å². The Morgan fingerprint density at radius 1 is 0.917 bits per heavy atom. The number of hydrogen-bond donors (Lipinski definition) is 2. The predicted octanol–water partition coefficient (Wildman–Crippen LogP) is 6.15. The van der Waals surface area contributed by atoms with Gasteiger partial charge in [-0.1, -0.05) is 18.2 Å². The van der Waals surface area contributed by atoms with E-state index in [2.05, 4.69) is 36.1 Å². The SMILES string of the molecule is Cc1c(COc2ccc(-c3cc(O)no3)cc2)cccc1-c1cnc(OCCC(C)(C)O)c(C)c1C. The minimum atomic E-state index is -0.772. The van der Waals surface area contributed by atoms with Crippen LogP contribution in [-0.4, -0.2) is 32.6 Å². The summed E-state index contributed by atoms with van der Waals surface area (Å²) < 4.78 is 17.0. The lowest BCUT2D eigenvalue weighted by molar-refractivity contribution is 0.0545. The average molecular weight is 489 g/mol. The Balaban J connectivity index is 1.48. The molecule has 0 fully saturated rings. The normalized spacial score (nSPS) is 11.5. The summed E-state index contributed by atoms with van der Waals surface area (Å²) in [6, 6.07) is 15.1. The molecule has 4 aromatic rings. The monoisotopic (exact) mass is 488 g/mol. The fraction of sp³-hybridized carbons (Fsp3) is 0.310. The first-order chi connectivity index (χ1) is 17.1. The van der Waals surface area contributed by atoms with Gasteiger partial charge in [0.15, 0.2) is 5.76 Å². The predicted molar refractivity (Wildman–Crippen MR) is 138 cm³/mol. The largest absolute Gasteiger partial charge is 0.491 e. The Morgan fingerprint density at radius 2 is 1.67 bits per heavy atom. The van der Waals surface area contributed by atoms with Gasteiger partial charge in [0.25, 0.3) is 5.88 Å². The molecule has 2 N–H and O–H groups in total. The summed E-state index contributed by atoms with van der Waals surface area (Å²) in [6.45, 7) is 10.5. The summed E-state index contributed by atoms with van der Waals surface area (Å²) >= 11 is 0. The van der Waals surface area contributed by atoms with Crippen LogP contribution < -0.4 is 9.47 Å². The van der Waals surface area contributed by atoms with Crippen LogP contribution >= 0.6 is 0 Å². The van der Waals surface area contributed by atoms with E-state index in [9.17, 15) is 10.2 Å². The van der Waals surface area contributed by atoms with Crippen LogP contribution in [0.4, 0.5) is 0 Å². The Hall–Kier alpha value is -3.84. The summed E-state index contributed by atoms with van der Waals surface area (Å²) in [5, 5.41) is 22.8. The van der Waals surface area contributed by atoms with Crippen LogP contribution in [0.1, 0.15) is 42.5 Å². The minimum absolute atomic E-state index is 0.144. The third-order valence-electron chi connectivity index (χ3n) is 6.32. The maximum Gasteiger partial charge on any atom is 0.252 e. The van der Waals surface area contributed by atoms with Crippen LogP contribution in [0.3, 0.4) is 0 Å². The molecule has 2 aromatic heterocycles. The minimum Gasteiger partial charge on any atom is -0.491 e. The lowest BCUT2D eigenvalue weighted by Crippen LogP contribution is -2.22. The zero-order chi connectivity index (χ0) is 25.9. The standard InChI is InChI=1S/C29H32N2O5/c1-18-19(2)28(34-14-13-29(4,5)33)30-16-25(18)24-8-6-7-22(20(24)3)17-35-23-11-9-21(10-12-23)26-15-27(32)31-36-26/h6-12,15-16,33H,13-14,17H2,1-5H3,(H,31,32). The summed E-state index contributed by atoms with van der Waals surface area (Å²) in [4.78, 5) is 4.57. The summed E-state index contributed by atoms with van der Waals surface area (Å²) in [5.74, 6) is 1.68. The topological polar surface area (TPSA) is 97.8 Å². The third-order valence-corrected chi connectivity index (χ3v) is 6.32. The highest BCUT2D eigenvalue weighted by molar-refractivity contribution is 5.72. The van der Waals surface area contributed by atoms with E-state index in [-0.39, 0.29) is 5.88 Å². The molecule has 188 valence electrons. The maximum absolute atomic E-state index is 9.92. The molecular weight excluding hydrogens is 456 g/mol. The Morgan fingerprint density at radius 3 is 2.33 bits per heavy atom. The van der Waals surface area contributed by atoms with Gasteiger partial charge in [0.2, 0.25) is 5.88 Å². The van der Waals surface area contributed by atoms with Gasteiger partial charge in [-0.3, -0.25) is 0 Å². The van der Waals surface area contributed by atoms with Gasteiger partial charge in [-0.05, 0) is 86.3 Å². The van der Waals surface area contributed by atoms with Gasteiger partial charge in [-0.2, -0.15) is 0 Å². The molecule has 4 rings (SSSR count). The van der Waals surface area contributed by atoms with E-state index < -0.39 is 5.60 Å². The number of benzene rings is 2. The molecule has 7 heteroatoms. The van der Waals surface area contributed by atoms with Crippen LogP contribution in [-0.2, 0) is 6.61 Å². The maximum atomic E-state index is 9.92. The molecule has 0 bridgehead atoms. The average Bonchev–Trinajstić information content (AvgIpc) is 3.27. The molecule has 0 spiro atoms. The van der Waals surface area contributed by atoms with Crippen molar-refractivity contribution in [2.24, 2.45) is 0 Å². The first-order valence-corrected chi connectivity index (χ1v) is 11.9. The molecule has 7 nitrogen and oxygen atoms in total. The second-order valence-electron chi connectivity index (χ2n) is 9.59. The molecule has 0 saturated carbocycles. The molecule has 0 aliphatic carbocycles. The number of nitrogens with zero attached hydrogens (tertiary/aromatic N) is 2. The smallest absolute Gasteiger partial charge is 0.252 e. The Kier molecular flexibility index (Phi) is 7.31. The second-order valence-corrected chi connectivity index (χ2v) is 9.59. The molecule has 0 amide bonds. The van der Waals surface area contributed by atoms with Crippen molar-refractivity contribution in [1.29, 1.82) is 0 Å². The van der Waals surface area contributed by atoms with E-state index in [0.717, 1.165) is 44.7 Å². The summed E-state index contributed by atoms with van der Waals surface area (Å²) in [7, 11) is 0. The van der Waals surface area contributed by atoms with Crippen molar-refractivity contribution in [1.82, 2.24) is 10.1 Å². The molecule has 0 radical (unpaired) electrons. The quantitative estimate of drug-likeness (QED) is 0.291. The van der Waals surface area contributed by atoms with Gasteiger partial charge in [-0.25, -0.2) is 4.98 Å². The molecule has 36 heavy (non-hydrogen) atoms. The second kappa shape index (κ2) is 10.4. The van der Waals surface area contributed by atoms with Crippen LogP contribution in [0.5, 0.6) is 17.5 Å². The third kappa shape index (κ3) is 5.86. The van der Waals surface area contributed by atoms with Gasteiger partial charge >= 0.3 is 0 Å². The molecule has 0 aliphatic rings. The lowest BCUT2D eigenvalue weighted by atomic mass is 9.93. The Bertz CT molecular complexity index is 1340. The van der Waals surface area contributed by atoms with Gasteiger partial charge in [0.05, 0.1) is 12.2 Å². The number of aliphatic hydroxyl groups is 1. The molecular formula is C29H32N2O5. The Labute approximate surface area is 211 Å². The van der Waals surface area contributed by atoms with Crippen molar-refractivity contribution in [3.63, 3.8) is 0 Å². The van der Waals surface area contributed by atoms with Crippen molar-refractivity contribution < 1.29 is 24.2 Å². The van der Waals surface area contributed by atoms with Crippen molar-refractivity contribution in [3.8, 4) is 40.0 Å². The van der Waals surface area contributed by atoms with Crippen LogP contribution in [0.2, 0.25) is 0 Å². The number of ether oxygens (including phenoxy) is 2. The summed E-state index contributed by atoms with van der Waals surface area (Å²) in [5.41, 5.74) is 6.51. The number of rotatable bonds is 9. The van der Waals surface area contributed by atoms with Crippen LogP contribution in [0.25, 0.3) is 22.5 Å². The van der Waals surface area contributed by atoms with E-state index in [4.69, 9.17) is 14.0 Å². The van der Waals surface area contributed by atoms with E-state index >= 15 is 0 Å². The van der Waals surface area contributed by atoms with Crippen molar-refractivity contribution in [2.75, 3.05) is 6.61 Å². The molecule has 0 saturated heterocycles. The number of hydrogen-bond acceptors (Lipinski definition) is 7. The highest BCUT2D eigenvalue weighted by Gasteiger charge is 2.16. The van der Waals surface area contributed by atoms with Crippen LogP contribution in [0, 0.1) is 20.8 Å². The molecule has 0 unspecified atom stereocenters. The molecule has 0 atom stereocenters. The van der Waals surface area contributed by atoms with Gasteiger partial charge in [-0.15, -0.1) is 0 Å². The van der Waals surface area contributed by atoms with E-state index in [1.165, 1.54) is 6.07 Å². The molecule has 2 heterocycles. The fourth-order valence-corrected chi connectivity index (χ4v) is 3.90. The van der Waals surface area contributed by atoms with Crippen molar-refractivity contribution in [2.45, 2.75) is 53.2 Å². The fourth-order valence-electron chi connectivity index (χ4n) is 3.90. The molecule has 2 aromatic carbocycles. The zero-order valence-corrected chi connectivity index (χ0v) is 21.3. The van der Waals surface area contributed by atoms with Crippen molar-refractivity contribution >= 4 is 0 Å². The number of aromatic hydroxyl groups is 1. The van der Waals surface area contributed by atoms with Gasteiger partial charge < -0.3 is 24.2 Å². The molecule has 0 aliphatic heterocycles. The summed E-state index contributed by atoms with van der Waals surface area (Å²) in [6.07, 6.45) is 2.39.